The maximum atomic E-state index is 11.1. The van der Waals surface area contributed by atoms with Gasteiger partial charge >= 0.3 is 5.97 Å². The lowest BCUT2D eigenvalue weighted by molar-refractivity contribution is 0.0691. The van der Waals surface area contributed by atoms with E-state index < -0.39 is 5.97 Å². The van der Waals surface area contributed by atoms with E-state index in [1.807, 2.05) is 38.1 Å². The number of carbonyl (C=O) groups is 1. The number of hydrogen-bond acceptors (Lipinski definition) is 3. The summed E-state index contributed by atoms with van der Waals surface area (Å²) in [7, 11) is 0. The van der Waals surface area contributed by atoms with E-state index >= 15 is 0 Å². The third-order valence-corrected chi connectivity index (χ3v) is 2.75. The van der Waals surface area contributed by atoms with E-state index in [1.54, 1.807) is 6.07 Å². The third-order valence-electron chi connectivity index (χ3n) is 2.75. The number of benzene rings is 1. The van der Waals surface area contributed by atoms with Crippen molar-refractivity contribution in [1.82, 2.24) is 4.98 Å². The van der Waals surface area contributed by atoms with E-state index in [1.165, 1.54) is 6.07 Å². The van der Waals surface area contributed by atoms with Gasteiger partial charge in [-0.15, -0.1) is 0 Å². The minimum absolute atomic E-state index is 0.174. The van der Waals surface area contributed by atoms with Crippen molar-refractivity contribution >= 4 is 5.97 Å². The molecule has 0 radical (unpaired) electrons. The van der Waals surface area contributed by atoms with Crippen LogP contribution in [0.15, 0.2) is 36.4 Å². The average molecular weight is 257 g/mol. The van der Waals surface area contributed by atoms with Gasteiger partial charge in [0.15, 0.2) is 0 Å². The van der Waals surface area contributed by atoms with Crippen molar-refractivity contribution in [3.05, 3.63) is 58.9 Å². The molecule has 4 nitrogen and oxygen atoms in total. The van der Waals surface area contributed by atoms with Crippen molar-refractivity contribution in [3.63, 3.8) is 0 Å². The second-order valence-corrected chi connectivity index (χ2v) is 4.32. The highest BCUT2D eigenvalue weighted by Crippen LogP contribution is 2.24. The van der Waals surface area contributed by atoms with Gasteiger partial charge in [-0.05, 0) is 37.6 Å². The van der Waals surface area contributed by atoms with Crippen LogP contribution in [0.5, 0.6) is 5.75 Å². The highest BCUT2D eigenvalue weighted by Gasteiger charge is 2.13. The Balaban J connectivity index is 2.22. The van der Waals surface area contributed by atoms with Gasteiger partial charge in [0, 0.05) is 5.69 Å². The fraction of sp³-hybridized carbons (Fsp3) is 0.200. The molecule has 98 valence electrons. The van der Waals surface area contributed by atoms with Gasteiger partial charge in [0.05, 0.1) is 5.69 Å². The minimum atomic E-state index is -0.990. The number of hydrogen-bond donors (Lipinski definition) is 1. The predicted octanol–water partition coefficient (Wildman–Crippen LogP) is 2.98. The smallest absolute Gasteiger partial charge is 0.339 e. The van der Waals surface area contributed by atoms with Crippen LogP contribution < -0.4 is 4.74 Å². The quantitative estimate of drug-likeness (QED) is 0.914. The Morgan fingerprint density at radius 3 is 2.63 bits per heavy atom. The van der Waals surface area contributed by atoms with Crippen molar-refractivity contribution in [2.75, 3.05) is 0 Å². The first-order valence-corrected chi connectivity index (χ1v) is 5.96. The Labute approximate surface area is 111 Å². The number of ether oxygens (including phenoxy) is 1. The fourth-order valence-electron chi connectivity index (χ4n) is 1.84. The van der Waals surface area contributed by atoms with Gasteiger partial charge in [0.1, 0.15) is 17.9 Å². The number of aromatic nitrogens is 1. The van der Waals surface area contributed by atoms with E-state index in [-0.39, 0.29) is 12.2 Å². The summed E-state index contributed by atoms with van der Waals surface area (Å²) < 4.78 is 5.63. The molecule has 0 bridgehead atoms. The Bertz CT molecular complexity index is 608. The first kappa shape index (κ1) is 13.1. The molecule has 0 saturated heterocycles. The van der Waals surface area contributed by atoms with Crippen LogP contribution in [0.2, 0.25) is 0 Å². The van der Waals surface area contributed by atoms with Crippen LogP contribution in [0.3, 0.4) is 0 Å². The zero-order valence-corrected chi connectivity index (χ0v) is 10.9. The summed E-state index contributed by atoms with van der Waals surface area (Å²) in [6.07, 6.45) is 0. The molecule has 0 unspecified atom stereocenters. The summed E-state index contributed by atoms with van der Waals surface area (Å²) in [5.74, 6) is -0.589. The standard InChI is InChI=1S/C15H15NO3/c1-10-5-3-8-13(15(17)18)14(10)19-9-12-7-4-6-11(2)16-12/h3-8H,9H2,1-2H3,(H,17,18). The second-order valence-electron chi connectivity index (χ2n) is 4.32. The first-order chi connectivity index (χ1) is 9.08. The molecule has 1 aromatic heterocycles. The van der Waals surface area contributed by atoms with E-state index in [0.29, 0.717) is 5.75 Å². The van der Waals surface area contributed by atoms with Crippen LogP contribution in [0, 0.1) is 13.8 Å². The molecule has 1 heterocycles. The summed E-state index contributed by atoms with van der Waals surface area (Å²) in [5, 5.41) is 9.14. The van der Waals surface area contributed by atoms with Gasteiger partial charge in [-0.2, -0.15) is 0 Å². The molecule has 0 saturated carbocycles. The van der Waals surface area contributed by atoms with Crippen molar-refractivity contribution < 1.29 is 14.6 Å². The van der Waals surface area contributed by atoms with Crippen molar-refractivity contribution in [1.29, 1.82) is 0 Å². The number of pyridine rings is 1. The summed E-state index contributed by atoms with van der Waals surface area (Å²) in [6.45, 7) is 3.98. The Kier molecular flexibility index (Phi) is 3.80. The number of nitrogens with zero attached hydrogens (tertiary/aromatic N) is 1. The summed E-state index contributed by atoms with van der Waals surface area (Å²) in [6, 6.07) is 10.7. The molecule has 0 atom stereocenters. The van der Waals surface area contributed by atoms with E-state index in [2.05, 4.69) is 4.98 Å². The Morgan fingerprint density at radius 2 is 1.95 bits per heavy atom. The normalized spacial score (nSPS) is 10.2. The number of para-hydroxylation sites is 1. The summed E-state index contributed by atoms with van der Waals surface area (Å²) >= 11 is 0. The lowest BCUT2D eigenvalue weighted by Crippen LogP contribution is -2.06. The van der Waals surface area contributed by atoms with Crippen molar-refractivity contribution in [2.45, 2.75) is 20.5 Å². The van der Waals surface area contributed by atoms with Gasteiger partial charge in [-0.25, -0.2) is 4.79 Å². The summed E-state index contributed by atoms with van der Waals surface area (Å²) in [4.78, 5) is 15.5. The molecule has 0 spiro atoms. The Morgan fingerprint density at radius 1 is 1.21 bits per heavy atom. The highest BCUT2D eigenvalue weighted by atomic mass is 16.5. The third kappa shape index (κ3) is 3.10. The zero-order chi connectivity index (χ0) is 13.8. The molecule has 1 N–H and O–H groups in total. The van der Waals surface area contributed by atoms with E-state index in [4.69, 9.17) is 9.84 Å². The topological polar surface area (TPSA) is 59.4 Å². The molecule has 19 heavy (non-hydrogen) atoms. The molecule has 0 amide bonds. The van der Waals surface area contributed by atoms with Gasteiger partial charge < -0.3 is 9.84 Å². The SMILES string of the molecule is Cc1cccc(COc2c(C)cccc2C(=O)O)n1. The molecule has 0 aliphatic carbocycles. The Hall–Kier alpha value is -2.36. The number of aromatic carboxylic acids is 1. The van der Waals surface area contributed by atoms with Gasteiger partial charge in [-0.3, -0.25) is 4.98 Å². The average Bonchev–Trinajstić information content (AvgIpc) is 2.37. The molecule has 0 fully saturated rings. The maximum absolute atomic E-state index is 11.1. The molecule has 2 aromatic rings. The van der Waals surface area contributed by atoms with Gasteiger partial charge in [0.2, 0.25) is 0 Å². The van der Waals surface area contributed by atoms with Crippen LogP contribution >= 0.6 is 0 Å². The lowest BCUT2D eigenvalue weighted by Gasteiger charge is -2.11. The molecular weight excluding hydrogens is 242 g/mol. The number of carboxylic acids is 1. The van der Waals surface area contributed by atoms with Gasteiger partial charge in [-0.1, -0.05) is 18.2 Å². The maximum Gasteiger partial charge on any atom is 0.339 e. The molecule has 1 aromatic carbocycles. The molecule has 2 rings (SSSR count). The van der Waals surface area contributed by atoms with E-state index in [0.717, 1.165) is 17.0 Å². The summed E-state index contributed by atoms with van der Waals surface area (Å²) in [5.41, 5.74) is 2.66. The minimum Gasteiger partial charge on any atom is -0.486 e. The predicted molar refractivity (Wildman–Crippen MR) is 71.4 cm³/mol. The molecule has 4 heteroatoms. The van der Waals surface area contributed by atoms with Crippen LogP contribution in [-0.2, 0) is 6.61 Å². The molecular formula is C15H15NO3. The number of rotatable bonds is 4. The molecule has 0 aliphatic rings. The largest absolute Gasteiger partial charge is 0.486 e. The van der Waals surface area contributed by atoms with Crippen LogP contribution in [0.25, 0.3) is 0 Å². The fourth-order valence-corrected chi connectivity index (χ4v) is 1.84. The zero-order valence-electron chi connectivity index (χ0n) is 10.9. The molecule has 0 aliphatic heterocycles. The van der Waals surface area contributed by atoms with Crippen molar-refractivity contribution in [2.24, 2.45) is 0 Å². The van der Waals surface area contributed by atoms with Crippen LogP contribution in [0.4, 0.5) is 0 Å². The second kappa shape index (κ2) is 5.52. The monoisotopic (exact) mass is 257 g/mol. The van der Waals surface area contributed by atoms with Crippen LogP contribution in [-0.4, -0.2) is 16.1 Å². The van der Waals surface area contributed by atoms with Gasteiger partial charge in [0.25, 0.3) is 0 Å². The van der Waals surface area contributed by atoms with E-state index in [9.17, 15) is 4.79 Å². The number of aryl methyl sites for hydroxylation is 2. The highest BCUT2D eigenvalue weighted by molar-refractivity contribution is 5.91. The first-order valence-electron chi connectivity index (χ1n) is 5.96. The van der Waals surface area contributed by atoms with Crippen molar-refractivity contribution in [3.8, 4) is 5.75 Å². The lowest BCUT2D eigenvalue weighted by atomic mass is 10.1. The number of carboxylic acid groups (broad SMARTS) is 1. The van der Waals surface area contributed by atoms with Crippen LogP contribution in [0.1, 0.15) is 27.3 Å².